The molecule has 0 bridgehead atoms. The zero-order valence-electron chi connectivity index (χ0n) is 9.17. The van der Waals surface area contributed by atoms with E-state index in [-0.39, 0.29) is 17.0 Å². The van der Waals surface area contributed by atoms with Gasteiger partial charge in [0, 0.05) is 17.1 Å². The molecule has 0 aliphatic rings. The van der Waals surface area contributed by atoms with Gasteiger partial charge in [-0.25, -0.2) is 4.79 Å². The summed E-state index contributed by atoms with van der Waals surface area (Å²) in [5.74, 6) is -0.000898. The summed E-state index contributed by atoms with van der Waals surface area (Å²) in [7, 11) is 1.30. The lowest BCUT2D eigenvalue weighted by Gasteiger charge is -2.10. The van der Waals surface area contributed by atoms with Crippen molar-refractivity contribution in [2.24, 2.45) is 0 Å². The van der Waals surface area contributed by atoms with E-state index in [1.165, 1.54) is 30.6 Å². The highest BCUT2D eigenvalue weighted by Crippen LogP contribution is 2.24. The summed E-state index contributed by atoms with van der Waals surface area (Å²) in [6.45, 7) is 0. The van der Waals surface area contributed by atoms with E-state index < -0.39 is 11.9 Å². The Hall–Kier alpha value is -2.18. The summed E-state index contributed by atoms with van der Waals surface area (Å²) in [6.07, 6.45) is -4.54. The van der Waals surface area contributed by atoms with Gasteiger partial charge in [0.2, 0.25) is 5.75 Å². The predicted octanol–water partition coefficient (Wildman–Crippen LogP) is 2.73. The van der Waals surface area contributed by atoms with Crippen LogP contribution in [0.3, 0.4) is 0 Å². The van der Waals surface area contributed by atoms with Crippen LogP contribution in [0.2, 0.25) is 0 Å². The number of fused-ring (bicyclic) bond motifs is 1. The van der Waals surface area contributed by atoms with Crippen LogP contribution in [0.25, 0.3) is 11.0 Å². The highest BCUT2D eigenvalue weighted by Gasteiger charge is 2.27. The third-order valence-electron chi connectivity index (χ3n) is 2.21. The third-order valence-corrected chi connectivity index (χ3v) is 2.21. The molecule has 0 unspecified atom stereocenters. The summed E-state index contributed by atoms with van der Waals surface area (Å²) in [4.78, 5) is 11.3. The maximum absolute atomic E-state index is 12.1. The van der Waals surface area contributed by atoms with Crippen molar-refractivity contribution < 1.29 is 22.3 Å². The first kappa shape index (κ1) is 12.3. The van der Waals surface area contributed by atoms with E-state index in [9.17, 15) is 18.0 Å². The average Bonchev–Trinajstić information content (AvgIpc) is 2.25. The molecule has 2 aromatic rings. The van der Waals surface area contributed by atoms with E-state index in [1.807, 2.05) is 0 Å². The Morgan fingerprint density at radius 3 is 2.61 bits per heavy atom. The maximum atomic E-state index is 12.1. The minimum absolute atomic E-state index is 0.000898. The fourth-order valence-electron chi connectivity index (χ4n) is 1.48. The van der Waals surface area contributed by atoms with Crippen molar-refractivity contribution in [3.8, 4) is 5.75 Å². The molecule has 0 saturated heterocycles. The molecule has 0 aliphatic carbocycles. The molecule has 4 nitrogen and oxygen atoms in total. The average molecular weight is 259 g/mol. The third kappa shape index (κ3) is 2.55. The van der Waals surface area contributed by atoms with Crippen LogP contribution in [0.5, 0.6) is 5.75 Å². The second-order valence-electron chi connectivity index (χ2n) is 3.48. The first-order valence-corrected chi connectivity index (χ1v) is 4.86. The second-order valence-corrected chi connectivity index (χ2v) is 3.48. The molecule has 0 aliphatic heterocycles. The number of anilines is 1. The highest BCUT2D eigenvalue weighted by molar-refractivity contribution is 5.81. The van der Waals surface area contributed by atoms with Crippen LogP contribution >= 0.6 is 0 Å². The van der Waals surface area contributed by atoms with Crippen LogP contribution in [-0.4, -0.2) is 13.4 Å². The van der Waals surface area contributed by atoms with Gasteiger partial charge in [-0.1, -0.05) is 0 Å². The van der Waals surface area contributed by atoms with Gasteiger partial charge in [0.05, 0.1) is 7.11 Å². The van der Waals surface area contributed by atoms with Gasteiger partial charge in [-0.2, -0.15) is 13.2 Å². The molecule has 0 spiro atoms. The zero-order valence-corrected chi connectivity index (χ0v) is 9.17. The Morgan fingerprint density at radius 2 is 2.00 bits per heavy atom. The van der Waals surface area contributed by atoms with Crippen molar-refractivity contribution in [1.29, 1.82) is 0 Å². The molecular weight excluding hydrogens is 251 g/mol. The van der Waals surface area contributed by atoms with E-state index >= 15 is 0 Å². The van der Waals surface area contributed by atoms with E-state index in [0.29, 0.717) is 5.39 Å². The molecule has 1 aromatic heterocycles. The topological polar surface area (TPSA) is 51.5 Å². The summed E-state index contributed by atoms with van der Waals surface area (Å²) in [5, 5.41) is 1.80. The first-order chi connectivity index (χ1) is 8.39. The Balaban J connectivity index is 2.49. The first-order valence-electron chi connectivity index (χ1n) is 4.86. The highest BCUT2D eigenvalue weighted by atomic mass is 19.4. The summed E-state index contributed by atoms with van der Waals surface area (Å²) in [5.41, 5.74) is -0.896. The van der Waals surface area contributed by atoms with Gasteiger partial charge >= 0.3 is 11.9 Å². The molecule has 96 valence electrons. The normalized spacial score (nSPS) is 11.6. The minimum atomic E-state index is -4.54. The largest absolute Gasteiger partial charge is 0.490 e. The van der Waals surface area contributed by atoms with Crippen molar-refractivity contribution in [2.45, 2.75) is 6.30 Å². The summed E-state index contributed by atoms with van der Waals surface area (Å²) < 4.78 is 46.0. The number of hydrogen-bond donors (Lipinski definition) is 1. The molecule has 0 saturated carbocycles. The molecule has 0 fully saturated rings. The zero-order chi connectivity index (χ0) is 13.3. The smallest absolute Gasteiger partial charge is 0.482 e. The number of ether oxygens (including phenoxy) is 1. The lowest BCUT2D eigenvalue weighted by atomic mass is 10.2. The van der Waals surface area contributed by atoms with Crippen molar-refractivity contribution >= 4 is 16.7 Å². The monoisotopic (exact) mass is 259 g/mol. The lowest BCUT2D eigenvalue weighted by Crippen LogP contribution is -2.20. The van der Waals surface area contributed by atoms with Gasteiger partial charge in [-0.05, 0) is 18.2 Å². The Labute approximate surface area is 99.0 Å². The van der Waals surface area contributed by atoms with E-state index in [0.717, 1.165) is 6.07 Å². The molecule has 1 heterocycles. The Morgan fingerprint density at radius 1 is 1.28 bits per heavy atom. The Bertz CT molecular complexity index is 633. The molecule has 1 N–H and O–H groups in total. The van der Waals surface area contributed by atoms with Crippen molar-refractivity contribution in [1.82, 2.24) is 0 Å². The molecule has 18 heavy (non-hydrogen) atoms. The number of alkyl halides is 3. The number of nitrogens with one attached hydrogen (secondary N) is 1. The van der Waals surface area contributed by atoms with Crippen molar-refractivity contribution in [2.75, 3.05) is 12.4 Å². The molecule has 2 rings (SSSR count). The number of halogens is 3. The molecule has 0 radical (unpaired) electrons. The summed E-state index contributed by atoms with van der Waals surface area (Å²) in [6, 6.07) is 5.13. The number of rotatable bonds is 2. The van der Waals surface area contributed by atoms with E-state index in [4.69, 9.17) is 9.15 Å². The van der Waals surface area contributed by atoms with E-state index in [1.54, 1.807) is 0 Å². The standard InChI is InChI=1S/C11H8F3NO3/c1-17-9-4-6-2-3-7(15-11(12,13)14)5-8(6)18-10(9)16/h2-5,15H,1H3. The number of methoxy groups -OCH3 is 1. The Kier molecular flexibility index (Phi) is 2.90. The van der Waals surface area contributed by atoms with Gasteiger partial charge in [-0.3, -0.25) is 5.32 Å². The second kappa shape index (κ2) is 4.25. The van der Waals surface area contributed by atoms with Crippen molar-refractivity contribution in [3.63, 3.8) is 0 Å². The van der Waals surface area contributed by atoms with Gasteiger partial charge in [-0.15, -0.1) is 0 Å². The van der Waals surface area contributed by atoms with Crippen LogP contribution in [0.4, 0.5) is 18.9 Å². The van der Waals surface area contributed by atoms with Crippen molar-refractivity contribution in [3.05, 3.63) is 34.7 Å². The molecule has 7 heteroatoms. The van der Waals surface area contributed by atoms with Gasteiger partial charge in [0.1, 0.15) is 5.58 Å². The SMILES string of the molecule is COc1cc2ccc(NC(F)(F)F)cc2oc1=O. The van der Waals surface area contributed by atoms with Crippen LogP contribution < -0.4 is 15.7 Å². The summed E-state index contributed by atoms with van der Waals surface area (Å²) >= 11 is 0. The molecule has 0 amide bonds. The van der Waals surface area contributed by atoms with E-state index in [2.05, 4.69) is 0 Å². The van der Waals surface area contributed by atoms with Crippen LogP contribution in [0.1, 0.15) is 0 Å². The van der Waals surface area contributed by atoms with Gasteiger partial charge in [0.25, 0.3) is 0 Å². The van der Waals surface area contributed by atoms with Gasteiger partial charge < -0.3 is 9.15 Å². The quantitative estimate of drug-likeness (QED) is 0.665. The van der Waals surface area contributed by atoms with Crippen LogP contribution in [-0.2, 0) is 0 Å². The minimum Gasteiger partial charge on any atom is -0.490 e. The fourth-order valence-corrected chi connectivity index (χ4v) is 1.48. The maximum Gasteiger partial charge on any atom is 0.482 e. The fraction of sp³-hybridized carbons (Fsp3) is 0.182. The number of benzene rings is 1. The van der Waals surface area contributed by atoms with Crippen LogP contribution in [0, 0.1) is 0 Å². The van der Waals surface area contributed by atoms with Gasteiger partial charge in [0.15, 0.2) is 0 Å². The number of hydrogen-bond acceptors (Lipinski definition) is 4. The van der Waals surface area contributed by atoms with Crippen LogP contribution in [0.15, 0.2) is 33.5 Å². The lowest BCUT2D eigenvalue weighted by molar-refractivity contribution is -0.0999. The molecular formula is C11H8F3NO3. The molecule has 1 aromatic carbocycles. The molecule has 0 atom stereocenters. The predicted molar refractivity (Wildman–Crippen MR) is 58.7 cm³/mol.